The molecule has 0 saturated carbocycles. The molecule has 0 aromatic carbocycles. The number of halogens is 1. The molecule has 0 aliphatic carbocycles. The number of rotatable bonds is 4. The second-order valence-electron chi connectivity index (χ2n) is 2.92. The predicted octanol–water partition coefficient (Wildman–Crippen LogP) is 0.935. The van der Waals surface area contributed by atoms with Crippen molar-refractivity contribution in [3.05, 3.63) is 29.8 Å². The number of thiol groups is 1. The zero-order chi connectivity index (χ0) is 10.6. The largest absolute Gasteiger partial charge is 0.390 e. The first-order valence-electron chi connectivity index (χ1n) is 4.23. The van der Waals surface area contributed by atoms with Crippen LogP contribution in [0.3, 0.4) is 0 Å². The van der Waals surface area contributed by atoms with Crippen molar-refractivity contribution >= 4 is 12.6 Å². The Morgan fingerprint density at radius 1 is 1.50 bits per heavy atom. The van der Waals surface area contributed by atoms with Crippen LogP contribution in [-0.4, -0.2) is 27.1 Å². The molecule has 2 N–H and O–H groups in total. The lowest BCUT2D eigenvalue weighted by molar-refractivity contribution is 0.0151. The van der Waals surface area contributed by atoms with Crippen LogP contribution in [0.2, 0.25) is 0 Å². The average molecular weight is 217 g/mol. The Kier molecular flexibility index (Phi) is 4.31. The number of aromatic nitrogens is 1. The molecule has 5 heteroatoms. The van der Waals surface area contributed by atoms with E-state index in [-0.39, 0.29) is 5.56 Å². The maximum absolute atomic E-state index is 13.1. The molecule has 78 valence electrons. The van der Waals surface area contributed by atoms with E-state index in [0.717, 1.165) is 6.20 Å². The summed E-state index contributed by atoms with van der Waals surface area (Å²) in [6.07, 6.45) is 0.474. The number of aliphatic hydroxyl groups excluding tert-OH is 2. The molecule has 0 aliphatic rings. The molecule has 0 radical (unpaired) electrons. The Balaban J connectivity index is 2.78. The minimum Gasteiger partial charge on any atom is -0.390 e. The van der Waals surface area contributed by atoms with Crippen molar-refractivity contribution in [2.24, 2.45) is 0 Å². The number of aliphatic hydroxyl groups is 2. The molecule has 1 aromatic rings. The van der Waals surface area contributed by atoms with E-state index in [0.29, 0.717) is 12.2 Å². The van der Waals surface area contributed by atoms with Gasteiger partial charge in [0.25, 0.3) is 0 Å². The van der Waals surface area contributed by atoms with Gasteiger partial charge in [-0.25, -0.2) is 4.39 Å². The van der Waals surface area contributed by atoms with Crippen molar-refractivity contribution in [2.75, 3.05) is 5.75 Å². The highest BCUT2D eigenvalue weighted by Gasteiger charge is 2.20. The lowest BCUT2D eigenvalue weighted by Crippen LogP contribution is -2.19. The molecule has 0 saturated heterocycles. The molecule has 14 heavy (non-hydrogen) atoms. The Hall–Kier alpha value is -0.650. The summed E-state index contributed by atoms with van der Waals surface area (Å²) in [6, 6.07) is 1.35. The van der Waals surface area contributed by atoms with Crippen LogP contribution in [-0.2, 0) is 0 Å². The van der Waals surface area contributed by atoms with E-state index in [4.69, 9.17) is 0 Å². The summed E-state index contributed by atoms with van der Waals surface area (Å²) in [5, 5.41) is 19.0. The summed E-state index contributed by atoms with van der Waals surface area (Å²) in [6.45, 7) is 0. The molecular weight excluding hydrogens is 205 g/mol. The van der Waals surface area contributed by atoms with Crippen molar-refractivity contribution in [1.29, 1.82) is 0 Å². The summed E-state index contributed by atoms with van der Waals surface area (Å²) in [5.74, 6) is -0.177. The molecule has 0 aliphatic heterocycles. The third-order valence-corrected chi connectivity index (χ3v) is 2.17. The van der Waals surface area contributed by atoms with Gasteiger partial charge in [0.2, 0.25) is 0 Å². The molecule has 1 rings (SSSR count). The molecule has 1 aromatic heterocycles. The Morgan fingerprint density at radius 3 is 2.79 bits per heavy atom. The van der Waals surface area contributed by atoms with E-state index in [1.165, 1.54) is 12.3 Å². The first-order valence-corrected chi connectivity index (χ1v) is 4.86. The number of hydrogen-bond donors (Lipinski definition) is 3. The van der Waals surface area contributed by atoms with E-state index in [1.54, 1.807) is 0 Å². The fraction of sp³-hybridized carbons (Fsp3) is 0.444. The molecule has 3 nitrogen and oxygen atoms in total. The Morgan fingerprint density at radius 2 is 2.21 bits per heavy atom. The monoisotopic (exact) mass is 217 g/mol. The van der Waals surface area contributed by atoms with Crippen molar-refractivity contribution in [3.8, 4) is 0 Å². The van der Waals surface area contributed by atoms with E-state index in [1.807, 2.05) is 0 Å². The van der Waals surface area contributed by atoms with Crippen LogP contribution in [0.1, 0.15) is 18.1 Å². The number of nitrogens with zero attached hydrogens (tertiary/aromatic N) is 1. The highest BCUT2D eigenvalue weighted by molar-refractivity contribution is 7.80. The van der Waals surface area contributed by atoms with E-state index >= 15 is 0 Å². The summed E-state index contributed by atoms with van der Waals surface area (Å²) in [7, 11) is 0. The minimum absolute atomic E-state index is 0.0642. The van der Waals surface area contributed by atoms with Crippen molar-refractivity contribution in [3.63, 3.8) is 0 Å². The van der Waals surface area contributed by atoms with Gasteiger partial charge in [-0.2, -0.15) is 12.6 Å². The maximum atomic E-state index is 13.1. The highest BCUT2D eigenvalue weighted by Crippen LogP contribution is 2.20. The quantitative estimate of drug-likeness (QED) is 0.658. The van der Waals surface area contributed by atoms with E-state index in [9.17, 15) is 14.6 Å². The van der Waals surface area contributed by atoms with Crippen LogP contribution in [0.25, 0.3) is 0 Å². The second kappa shape index (κ2) is 5.29. The first kappa shape index (κ1) is 11.4. The van der Waals surface area contributed by atoms with Crippen LogP contribution in [0.4, 0.5) is 4.39 Å². The van der Waals surface area contributed by atoms with Crippen LogP contribution >= 0.6 is 12.6 Å². The van der Waals surface area contributed by atoms with Gasteiger partial charge in [-0.1, -0.05) is 0 Å². The van der Waals surface area contributed by atoms with Gasteiger partial charge in [0, 0.05) is 11.8 Å². The van der Waals surface area contributed by atoms with Gasteiger partial charge in [-0.15, -0.1) is 0 Å². The first-order chi connectivity index (χ1) is 6.66. The second-order valence-corrected chi connectivity index (χ2v) is 3.37. The van der Waals surface area contributed by atoms with Crippen LogP contribution in [0.5, 0.6) is 0 Å². The average Bonchev–Trinajstić information content (AvgIpc) is 2.18. The van der Waals surface area contributed by atoms with E-state index in [2.05, 4.69) is 17.6 Å². The van der Waals surface area contributed by atoms with Crippen molar-refractivity contribution in [2.45, 2.75) is 18.6 Å². The minimum atomic E-state index is -1.22. The molecular formula is C9H12FNO2S. The van der Waals surface area contributed by atoms with Gasteiger partial charge >= 0.3 is 0 Å². The van der Waals surface area contributed by atoms with Crippen molar-refractivity contribution in [1.82, 2.24) is 4.98 Å². The molecule has 1 heterocycles. The molecule has 2 atom stereocenters. The third kappa shape index (κ3) is 2.67. The lowest BCUT2D eigenvalue weighted by atomic mass is 10.0. The van der Waals surface area contributed by atoms with Crippen molar-refractivity contribution < 1.29 is 14.6 Å². The topological polar surface area (TPSA) is 53.4 Å². The molecule has 2 unspecified atom stereocenters. The zero-order valence-electron chi connectivity index (χ0n) is 7.47. The standard InChI is InChI=1S/C9H12FNO2S/c10-7-5-11-3-1-6(7)9(13)8(12)2-4-14/h1,3,5,8-9,12-14H,2,4H2. The van der Waals surface area contributed by atoms with Gasteiger partial charge in [-0.05, 0) is 18.2 Å². The smallest absolute Gasteiger partial charge is 0.147 e. The number of pyridine rings is 1. The van der Waals surface area contributed by atoms with Gasteiger partial charge in [-0.3, -0.25) is 4.98 Å². The summed E-state index contributed by atoms with van der Waals surface area (Å²) < 4.78 is 13.1. The number of hydrogen-bond acceptors (Lipinski definition) is 4. The van der Waals surface area contributed by atoms with Crippen LogP contribution < -0.4 is 0 Å². The molecule has 0 amide bonds. The Labute approximate surface area is 87.0 Å². The fourth-order valence-corrected chi connectivity index (χ4v) is 1.39. The Bertz CT molecular complexity index is 298. The van der Waals surface area contributed by atoms with Gasteiger partial charge < -0.3 is 10.2 Å². The lowest BCUT2D eigenvalue weighted by Gasteiger charge is -2.17. The summed E-state index contributed by atoms with van der Waals surface area (Å²) in [5.41, 5.74) is 0.0642. The highest BCUT2D eigenvalue weighted by atomic mass is 32.1. The predicted molar refractivity (Wildman–Crippen MR) is 53.6 cm³/mol. The van der Waals surface area contributed by atoms with Gasteiger partial charge in [0.05, 0.1) is 12.3 Å². The molecule has 0 spiro atoms. The zero-order valence-corrected chi connectivity index (χ0v) is 8.36. The van der Waals surface area contributed by atoms with Crippen LogP contribution in [0.15, 0.2) is 18.5 Å². The van der Waals surface area contributed by atoms with Crippen LogP contribution in [0, 0.1) is 5.82 Å². The third-order valence-electron chi connectivity index (χ3n) is 1.91. The summed E-state index contributed by atoms with van der Waals surface area (Å²) >= 11 is 3.92. The maximum Gasteiger partial charge on any atom is 0.147 e. The van der Waals surface area contributed by atoms with E-state index < -0.39 is 18.0 Å². The molecule has 0 bridgehead atoms. The van der Waals surface area contributed by atoms with Gasteiger partial charge in [0.1, 0.15) is 11.9 Å². The van der Waals surface area contributed by atoms with Gasteiger partial charge in [0.15, 0.2) is 0 Å². The SMILES string of the molecule is OC(CCS)C(O)c1ccncc1F. The summed E-state index contributed by atoms with van der Waals surface area (Å²) in [4.78, 5) is 3.55. The normalized spacial score (nSPS) is 15.1. The fourth-order valence-electron chi connectivity index (χ4n) is 1.12. The molecule has 0 fully saturated rings.